The van der Waals surface area contributed by atoms with E-state index in [1.807, 2.05) is 60.1 Å². The molecule has 1 fully saturated rings. The third kappa shape index (κ3) is 4.13. The number of likely N-dealkylation sites (tertiary alicyclic amines) is 1. The van der Waals surface area contributed by atoms with Crippen LogP contribution in [0.4, 0.5) is 5.69 Å². The number of imidazole rings is 1. The van der Waals surface area contributed by atoms with E-state index in [-0.39, 0.29) is 37.1 Å². The monoisotopic (exact) mass is 438 g/mol. The lowest BCUT2D eigenvalue weighted by Gasteiger charge is -2.14. The minimum absolute atomic E-state index is 0.149. The van der Waals surface area contributed by atoms with Gasteiger partial charge in [-0.25, -0.2) is 4.98 Å². The fourth-order valence-corrected chi connectivity index (χ4v) is 3.96. The minimum atomic E-state index is -0.231. The summed E-state index contributed by atoms with van der Waals surface area (Å²) < 4.78 is 2.00. The summed E-state index contributed by atoms with van der Waals surface area (Å²) in [6, 6.07) is 18.5. The highest BCUT2D eigenvalue weighted by atomic mass is 16.2. The summed E-state index contributed by atoms with van der Waals surface area (Å²) in [5.74, 6) is -0.529. The normalized spacial score (nSPS) is 13.7. The number of aromatic nitrogens is 2. The number of imide groups is 1. The lowest BCUT2D eigenvalue weighted by molar-refractivity contribution is -0.139. The molecule has 1 aliphatic heterocycles. The summed E-state index contributed by atoms with van der Waals surface area (Å²) in [6.45, 7) is 2.27. The smallest absolute Gasteiger partial charge is 0.255 e. The molecular weight excluding hydrogens is 416 g/mol. The van der Waals surface area contributed by atoms with Crippen molar-refractivity contribution in [2.45, 2.75) is 26.3 Å². The molecule has 0 bridgehead atoms. The number of hydrogen-bond donors (Lipinski definition) is 1. The molecule has 5 rings (SSSR count). The molecule has 0 spiro atoms. The second-order valence-corrected chi connectivity index (χ2v) is 8.15. The highest BCUT2D eigenvalue weighted by Gasteiger charge is 2.28. The van der Waals surface area contributed by atoms with Gasteiger partial charge in [0.15, 0.2) is 0 Å². The maximum Gasteiger partial charge on any atom is 0.255 e. The number of benzene rings is 2. The average Bonchev–Trinajstić information content (AvgIpc) is 3.40. The quantitative estimate of drug-likeness (QED) is 0.473. The van der Waals surface area contributed by atoms with Crippen molar-refractivity contribution in [3.8, 4) is 11.3 Å². The number of amides is 3. The first-order valence-corrected chi connectivity index (χ1v) is 10.8. The first kappa shape index (κ1) is 20.6. The van der Waals surface area contributed by atoms with Crippen molar-refractivity contribution in [1.82, 2.24) is 14.3 Å². The van der Waals surface area contributed by atoms with Gasteiger partial charge in [-0.05, 0) is 48.4 Å². The minimum Gasteiger partial charge on any atom is -0.322 e. The molecule has 7 heteroatoms. The van der Waals surface area contributed by atoms with Gasteiger partial charge < -0.3 is 9.72 Å². The second kappa shape index (κ2) is 8.35. The molecule has 0 saturated carbocycles. The third-order valence-electron chi connectivity index (χ3n) is 5.83. The zero-order valence-corrected chi connectivity index (χ0v) is 18.1. The Morgan fingerprint density at radius 2 is 1.67 bits per heavy atom. The lowest BCUT2D eigenvalue weighted by atomic mass is 10.1. The van der Waals surface area contributed by atoms with E-state index in [9.17, 15) is 14.4 Å². The maximum absolute atomic E-state index is 12.6. The Balaban J connectivity index is 1.25. The molecule has 33 heavy (non-hydrogen) atoms. The van der Waals surface area contributed by atoms with Crippen LogP contribution in [-0.4, -0.2) is 32.0 Å². The van der Waals surface area contributed by atoms with E-state index in [4.69, 9.17) is 4.98 Å². The number of anilines is 1. The topological polar surface area (TPSA) is 83.8 Å². The molecule has 0 unspecified atom stereocenters. The molecule has 0 aliphatic carbocycles. The first-order chi connectivity index (χ1) is 16.0. The standard InChI is InChI=1S/C26H22N4O3/c1-17-3-2-14-29-16-22(28-25(17)29)19-8-10-21(11-9-19)27-26(33)20-6-4-18(5-7-20)15-30-23(31)12-13-24(30)32/h2-11,14,16H,12-13,15H2,1H3,(H,27,33). The molecule has 1 aliphatic rings. The van der Waals surface area contributed by atoms with Crippen molar-refractivity contribution < 1.29 is 14.4 Å². The van der Waals surface area contributed by atoms with Crippen LogP contribution in [0.15, 0.2) is 73.1 Å². The molecule has 0 atom stereocenters. The predicted molar refractivity (Wildman–Crippen MR) is 125 cm³/mol. The van der Waals surface area contributed by atoms with E-state index in [0.717, 1.165) is 28.0 Å². The molecule has 7 nitrogen and oxygen atoms in total. The van der Waals surface area contributed by atoms with Crippen LogP contribution in [0.25, 0.3) is 16.9 Å². The number of rotatable bonds is 5. The largest absolute Gasteiger partial charge is 0.322 e. The molecule has 2 aromatic heterocycles. The molecule has 4 aromatic rings. The van der Waals surface area contributed by atoms with Crippen molar-refractivity contribution in [1.29, 1.82) is 0 Å². The van der Waals surface area contributed by atoms with Gasteiger partial charge in [-0.2, -0.15) is 0 Å². The van der Waals surface area contributed by atoms with E-state index in [2.05, 4.69) is 5.32 Å². The summed E-state index contributed by atoms with van der Waals surface area (Å²) in [5, 5.41) is 2.90. The van der Waals surface area contributed by atoms with Crippen molar-refractivity contribution in [2.75, 3.05) is 5.32 Å². The number of hydrogen-bond acceptors (Lipinski definition) is 4. The zero-order valence-electron chi connectivity index (χ0n) is 18.1. The van der Waals surface area contributed by atoms with Gasteiger partial charge in [-0.15, -0.1) is 0 Å². The molecule has 1 N–H and O–H groups in total. The summed E-state index contributed by atoms with van der Waals surface area (Å²) in [7, 11) is 0. The maximum atomic E-state index is 12.6. The summed E-state index contributed by atoms with van der Waals surface area (Å²) in [4.78, 5) is 42.2. The summed E-state index contributed by atoms with van der Waals surface area (Å²) in [5.41, 5.74) is 5.85. The Kier molecular flexibility index (Phi) is 5.22. The Morgan fingerprint density at radius 3 is 2.33 bits per heavy atom. The Hall–Kier alpha value is -4.26. The number of carbonyl (C=O) groups excluding carboxylic acids is 3. The van der Waals surface area contributed by atoms with E-state index < -0.39 is 0 Å². The first-order valence-electron chi connectivity index (χ1n) is 10.8. The van der Waals surface area contributed by atoms with Crippen molar-refractivity contribution >= 4 is 29.1 Å². The van der Waals surface area contributed by atoms with Gasteiger partial charge in [0.1, 0.15) is 5.65 Å². The second-order valence-electron chi connectivity index (χ2n) is 8.15. The zero-order chi connectivity index (χ0) is 22.9. The number of carbonyl (C=O) groups is 3. The molecule has 3 amide bonds. The fraction of sp³-hybridized carbons (Fsp3) is 0.154. The Labute approximate surface area is 190 Å². The SMILES string of the molecule is Cc1cccn2cc(-c3ccc(NC(=O)c4ccc(CN5C(=O)CCC5=O)cc4)cc3)nc12. The van der Waals surface area contributed by atoms with E-state index in [1.54, 1.807) is 24.3 Å². The van der Waals surface area contributed by atoms with Gasteiger partial charge in [0.05, 0.1) is 12.2 Å². The van der Waals surface area contributed by atoms with Crippen LogP contribution in [0.1, 0.15) is 34.3 Å². The summed E-state index contributed by atoms with van der Waals surface area (Å²) in [6.07, 6.45) is 4.50. The van der Waals surface area contributed by atoms with Crippen LogP contribution in [0.5, 0.6) is 0 Å². The Morgan fingerprint density at radius 1 is 0.970 bits per heavy atom. The highest BCUT2D eigenvalue weighted by Crippen LogP contribution is 2.23. The molecular formula is C26H22N4O3. The number of fused-ring (bicyclic) bond motifs is 1. The van der Waals surface area contributed by atoms with Crippen LogP contribution < -0.4 is 5.32 Å². The average molecular weight is 438 g/mol. The van der Waals surface area contributed by atoms with E-state index in [1.165, 1.54) is 4.90 Å². The van der Waals surface area contributed by atoms with Gasteiger partial charge in [0.2, 0.25) is 11.8 Å². The molecule has 164 valence electrons. The molecule has 3 heterocycles. The van der Waals surface area contributed by atoms with Crippen molar-refractivity contribution in [3.63, 3.8) is 0 Å². The molecule has 2 aromatic carbocycles. The fourth-order valence-electron chi connectivity index (χ4n) is 3.96. The van der Waals surface area contributed by atoms with Crippen LogP contribution in [-0.2, 0) is 16.1 Å². The van der Waals surface area contributed by atoms with Crippen LogP contribution >= 0.6 is 0 Å². The molecule has 0 radical (unpaired) electrons. The summed E-state index contributed by atoms with van der Waals surface area (Å²) >= 11 is 0. The van der Waals surface area contributed by atoms with Crippen LogP contribution in [0, 0.1) is 6.92 Å². The van der Waals surface area contributed by atoms with Crippen molar-refractivity contribution in [2.24, 2.45) is 0 Å². The number of nitrogens with zero attached hydrogens (tertiary/aromatic N) is 3. The predicted octanol–water partition coefficient (Wildman–Crippen LogP) is 4.21. The number of pyridine rings is 1. The molecule has 1 saturated heterocycles. The lowest BCUT2D eigenvalue weighted by Crippen LogP contribution is -2.28. The highest BCUT2D eigenvalue weighted by molar-refractivity contribution is 6.04. The number of aryl methyl sites for hydroxylation is 1. The van der Waals surface area contributed by atoms with Gasteiger partial charge in [-0.1, -0.05) is 30.3 Å². The third-order valence-corrected chi connectivity index (χ3v) is 5.83. The van der Waals surface area contributed by atoms with Gasteiger partial charge in [0.25, 0.3) is 5.91 Å². The Bertz CT molecular complexity index is 1360. The van der Waals surface area contributed by atoms with Crippen LogP contribution in [0.3, 0.4) is 0 Å². The van der Waals surface area contributed by atoms with Gasteiger partial charge >= 0.3 is 0 Å². The van der Waals surface area contributed by atoms with E-state index in [0.29, 0.717) is 11.3 Å². The van der Waals surface area contributed by atoms with Gasteiger partial charge in [0, 0.05) is 42.0 Å². The number of nitrogens with one attached hydrogen (secondary N) is 1. The van der Waals surface area contributed by atoms with Crippen molar-refractivity contribution in [3.05, 3.63) is 89.7 Å². The van der Waals surface area contributed by atoms with Gasteiger partial charge in [-0.3, -0.25) is 19.3 Å². The van der Waals surface area contributed by atoms with Crippen LogP contribution in [0.2, 0.25) is 0 Å². The van der Waals surface area contributed by atoms with E-state index >= 15 is 0 Å².